The minimum absolute atomic E-state index is 0.119. The molecule has 2 aliphatic heterocycles. The number of piperidine rings is 1. The van der Waals surface area contributed by atoms with Crippen LogP contribution in [0.4, 0.5) is 0 Å². The molecule has 0 aliphatic carbocycles. The standard InChI is InChI=1S/C18H24ClN3O2/c19-14-5-3-13(4-6-14)12-17(23)21-10-7-15(8-11-21)22-9-1-2-16(22)18(20)24/h3-6,15-16H,1-2,7-12H2,(H2,20,24). The predicted octanol–water partition coefficient (Wildman–Crippen LogP) is 1.82. The van der Waals surface area contributed by atoms with Gasteiger partial charge in [-0.1, -0.05) is 23.7 Å². The Morgan fingerprint density at radius 3 is 2.38 bits per heavy atom. The summed E-state index contributed by atoms with van der Waals surface area (Å²) in [4.78, 5) is 28.2. The van der Waals surface area contributed by atoms with Gasteiger partial charge >= 0.3 is 0 Å². The molecule has 24 heavy (non-hydrogen) atoms. The number of primary amides is 1. The highest BCUT2D eigenvalue weighted by atomic mass is 35.5. The van der Waals surface area contributed by atoms with E-state index in [1.165, 1.54) is 0 Å². The SMILES string of the molecule is NC(=O)C1CCCN1C1CCN(C(=O)Cc2ccc(Cl)cc2)CC1. The lowest BCUT2D eigenvalue weighted by Gasteiger charge is -2.38. The van der Waals surface area contributed by atoms with Gasteiger partial charge in [-0.25, -0.2) is 0 Å². The molecule has 5 nitrogen and oxygen atoms in total. The van der Waals surface area contributed by atoms with Crippen LogP contribution in [-0.4, -0.2) is 53.3 Å². The van der Waals surface area contributed by atoms with Crippen LogP contribution in [0.15, 0.2) is 24.3 Å². The first kappa shape index (κ1) is 17.2. The van der Waals surface area contributed by atoms with Crippen LogP contribution in [-0.2, 0) is 16.0 Å². The summed E-state index contributed by atoms with van der Waals surface area (Å²) in [5.74, 6) is -0.0580. The maximum absolute atomic E-state index is 12.5. The Balaban J connectivity index is 1.52. The summed E-state index contributed by atoms with van der Waals surface area (Å²) < 4.78 is 0. The van der Waals surface area contributed by atoms with E-state index in [1.54, 1.807) is 0 Å². The molecular formula is C18H24ClN3O2. The van der Waals surface area contributed by atoms with Crippen molar-refractivity contribution in [2.75, 3.05) is 19.6 Å². The highest BCUT2D eigenvalue weighted by molar-refractivity contribution is 6.30. The molecule has 0 radical (unpaired) electrons. The minimum atomic E-state index is -0.214. The maximum atomic E-state index is 12.5. The molecule has 2 fully saturated rings. The van der Waals surface area contributed by atoms with Gasteiger partial charge in [0.05, 0.1) is 12.5 Å². The van der Waals surface area contributed by atoms with Gasteiger partial charge in [0.15, 0.2) is 0 Å². The van der Waals surface area contributed by atoms with E-state index in [9.17, 15) is 9.59 Å². The molecule has 2 amide bonds. The first-order valence-electron chi connectivity index (χ1n) is 8.62. The molecule has 2 aliphatic rings. The monoisotopic (exact) mass is 349 g/mol. The van der Waals surface area contributed by atoms with Crippen LogP contribution in [0.25, 0.3) is 0 Å². The average Bonchev–Trinajstić information content (AvgIpc) is 3.07. The molecule has 6 heteroatoms. The molecule has 3 rings (SSSR count). The Hall–Kier alpha value is -1.59. The van der Waals surface area contributed by atoms with Crippen molar-refractivity contribution >= 4 is 23.4 Å². The molecule has 1 atom stereocenters. The highest BCUT2D eigenvalue weighted by Gasteiger charge is 2.36. The van der Waals surface area contributed by atoms with Crippen molar-refractivity contribution in [3.63, 3.8) is 0 Å². The number of hydrogen-bond acceptors (Lipinski definition) is 3. The Bertz CT molecular complexity index is 597. The van der Waals surface area contributed by atoms with Gasteiger partial charge in [0.25, 0.3) is 0 Å². The molecule has 1 aromatic rings. The number of amides is 2. The lowest BCUT2D eigenvalue weighted by Crippen LogP contribution is -2.51. The largest absolute Gasteiger partial charge is 0.368 e. The van der Waals surface area contributed by atoms with Crippen molar-refractivity contribution < 1.29 is 9.59 Å². The Morgan fingerprint density at radius 1 is 1.08 bits per heavy atom. The van der Waals surface area contributed by atoms with E-state index in [2.05, 4.69) is 4.90 Å². The third kappa shape index (κ3) is 3.90. The van der Waals surface area contributed by atoms with Crippen LogP contribution >= 0.6 is 11.6 Å². The van der Waals surface area contributed by atoms with Crippen molar-refractivity contribution in [3.8, 4) is 0 Å². The molecule has 1 aromatic carbocycles. The quantitative estimate of drug-likeness (QED) is 0.901. The van der Waals surface area contributed by atoms with E-state index >= 15 is 0 Å². The number of hydrogen-bond donors (Lipinski definition) is 1. The lowest BCUT2D eigenvalue weighted by atomic mass is 10.0. The third-order valence-corrected chi connectivity index (χ3v) is 5.43. The molecule has 2 N–H and O–H groups in total. The molecule has 2 heterocycles. The molecule has 130 valence electrons. The summed E-state index contributed by atoms with van der Waals surface area (Å²) in [6, 6.07) is 7.67. The smallest absolute Gasteiger partial charge is 0.234 e. The van der Waals surface area contributed by atoms with Gasteiger partial charge < -0.3 is 10.6 Å². The molecule has 1 unspecified atom stereocenters. The number of nitrogens with zero attached hydrogens (tertiary/aromatic N) is 2. The highest BCUT2D eigenvalue weighted by Crippen LogP contribution is 2.26. The van der Waals surface area contributed by atoms with Crippen LogP contribution < -0.4 is 5.73 Å². The molecular weight excluding hydrogens is 326 g/mol. The summed E-state index contributed by atoms with van der Waals surface area (Å²) in [7, 11) is 0. The fourth-order valence-electron chi connectivity index (χ4n) is 3.87. The van der Waals surface area contributed by atoms with Crippen molar-refractivity contribution in [2.24, 2.45) is 5.73 Å². The van der Waals surface area contributed by atoms with Gasteiger partial charge in [0.1, 0.15) is 0 Å². The number of benzene rings is 1. The number of rotatable bonds is 4. The van der Waals surface area contributed by atoms with Crippen molar-refractivity contribution in [3.05, 3.63) is 34.9 Å². The normalized spacial score (nSPS) is 22.7. The lowest BCUT2D eigenvalue weighted by molar-refractivity contribution is -0.133. The Morgan fingerprint density at radius 2 is 1.75 bits per heavy atom. The Kier molecular flexibility index (Phi) is 5.41. The number of nitrogens with two attached hydrogens (primary N) is 1. The fourth-order valence-corrected chi connectivity index (χ4v) is 3.99. The predicted molar refractivity (Wildman–Crippen MR) is 93.7 cm³/mol. The van der Waals surface area contributed by atoms with Crippen LogP contribution in [0.2, 0.25) is 5.02 Å². The van der Waals surface area contributed by atoms with Gasteiger partial charge in [-0.3, -0.25) is 14.5 Å². The van der Waals surface area contributed by atoms with E-state index < -0.39 is 0 Å². The van der Waals surface area contributed by atoms with E-state index in [0.717, 1.165) is 50.9 Å². The minimum Gasteiger partial charge on any atom is -0.368 e. The van der Waals surface area contributed by atoms with Gasteiger partial charge in [0.2, 0.25) is 11.8 Å². The zero-order chi connectivity index (χ0) is 17.1. The van der Waals surface area contributed by atoms with Crippen molar-refractivity contribution in [2.45, 2.75) is 44.2 Å². The van der Waals surface area contributed by atoms with Gasteiger partial charge in [-0.05, 0) is 49.9 Å². The Labute approximate surface area is 147 Å². The maximum Gasteiger partial charge on any atom is 0.234 e. The van der Waals surface area contributed by atoms with E-state index in [4.69, 9.17) is 17.3 Å². The second kappa shape index (κ2) is 7.53. The summed E-state index contributed by atoms with van der Waals surface area (Å²) in [5.41, 5.74) is 6.50. The summed E-state index contributed by atoms with van der Waals surface area (Å²) in [6.45, 7) is 2.44. The fraction of sp³-hybridized carbons (Fsp3) is 0.556. The number of likely N-dealkylation sites (tertiary alicyclic amines) is 2. The second-order valence-electron chi connectivity index (χ2n) is 6.71. The van der Waals surface area contributed by atoms with Gasteiger partial charge in [0, 0.05) is 24.2 Å². The van der Waals surface area contributed by atoms with Crippen molar-refractivity contribution in [1.82, 2.24) is 9.80 Å². The van der Waals surface area contributed by atoms with Crippen molar-refractivity contribution in [1.29, 1.82) is 0 Å². The summed E-state index contributed by atoms with van der Waals surface area (Å²) in [6.07, 6.45) is 4.14. The number of halogens is 1. The zero-order valence-corrected chi connectivity index (χ0v) is 14.5. The van der Waals surface area contributed by atoms with Crippen LogP contribution in [0, 0.1) is 0 Å². The molecule has 0 bridgehead atoms. The van der Waals surface area contributed by atoms with Crippen LogP contribution in [0.5, 0.6) is 0 Å². The molecule has 0 spiro atoms. The summed E-state index contributed by atoms with van der Waals surface area (Å²) >= 11 is 5.88. The second-order valence-corrected chi connectivity index (χ2v) is 7.15. The first-order chi connectivity index (χ1) is 11.5. The van der Waals surface area contributed by atoms with Crippen LogP contribution in [0.1, 0.15) is 31.2 Å². The van der Waals surface area contributed by atoms with Gasteiger partial charge in [-0.15, -0.1) is 0 Å². The zero-order valence-electron chi connectivity index (χ0n) is 13.8. The molecule has 2 saturated heterocycles. The number of carbonyl (C=O) groups excluding carboxylic acids is 2. The van der Waals surface area contributed by atoms with E-state index in [-0.39, 0.29) is 17.9 Å². The molecule has 0 saturated carbocycles. The molecule has 0 aromatic heterocycles. The van der Waals surface area contributed by atoms with E-state index in [0.29, 0.717) is 17.5 Å². The van der Waals surface area contributed by atoms with E-state index in [1.807, 2.05) is 29.2 Å². The number of carbonyl (C=O) groups is 2. The summed E-state index contributed by atoms with van der Waals surface area (Å²) in [5, 5.41) is 0.682. The first-order valence-corrected chi connectivity index (χ1v) is 8.99. The average molecular weight is 350 g/mol. The van der Waals surface area contributed by atoms with Crippen LogP contribution in [0.3, 0.4) is 0 Å². The third-order valence-electron chi connectivity index (χ3n) is 5.18. The van der Waals surface area contributed by atoms with Gasteiger partial charge in [-0.2, -0.15) is 0 Å². The topological polar surface area (TPSA) is 66.6 Å².